The third-order valence-electron chi connectivity index (χ3n) is 5.73. The zero-order valence-electron chi connectivity index (χ0n) is 17.7. The number of ether oxygens (including phenoxy) is 2. The van der Waals surface area contributed by atoms with E-state index in [1.54, 1.807) is 12.1 Å². The quantitative estimate of drug-likeness (QED) is 0.688. The van der Waals surface area contributed by atoms with Crippen LogP contribution >= 0.6 is 0 Å². The minimum absolute atomic E-state index is 0.0131. The maximum absolute atomic E-state index is 12.8. The van der Waals surface area contributed by atoms with Gasteiger partial charge in [-0.1, -0.05) is 12.1 Å². The molecule has 166 valence electrons. The van der Waals surface area contributed by atoms with Gasteiger partial charge in [0.1, 0.15) is 5.54 Å². The summed E-state index contributed by atoms with van der Waals surface area (Å²) in [6, 6.07) is 7.25. The lowest BCUT2D eigenvalue weighted by Crippen LogP contribution is -2.58. The van der Waals surface area contributed by atoms with Gasteiger partial charge in [0.15, 0.2) is 9.84 Å². The molecule has 0 spiro atoms. The number of benzene rings is 1. The highest BCUT2D eigenvalue weighted by Crippen LogP contribution is 2.26. The molecular weight excluding hydrogens is 408 g/mol. The van der Waals surface area contributed by atoms with Gasteiger partial charge in [0.2, 0.25) is 0 Å². The Labute approximate surface area is 177 Å². The monoisotopic (exact) mass is 438 g/mol. The number of nitrogens with one attached hydrogen (secondary N) is 1. The number of methoxy groups -OCH3 is 1. The maximum Gasteiger partial charge on any atom is 0.331 e. The SMILES string of the molecule is COC(=O)C1(NC(=O)c2ccc(CN3C[C@@H](C)O[C@H](C)C3)cc2)CCS(=O)(=O)CC1. The van der Waals surface area contributed by atoms with E-state index >= 15 is 0 Å². The van der Waals surface area contributed by atoms with Crippen LogP contribution in [0.1, 0.15) is 42.6 Å². The van der Waals surface area contributed by atoms with E-state index in [0.717, 1.165) is 25.2 Å². The Bertz CT molecular complexity index is 859. The van der Waals surface area contributed by atoms with Gasteiger partial charge in [-0.05, 0) is 44.4 Å². The molecule has 2 atom stereocenters. The van der Waals surface area contributed by atoms with E-state index in [-0.39, 0.29) is 36.6 Å². The Kier molecular flexibility index (Phi) is 6.84. The number of esters is 1. The number of carbonyl (C=O) groups is 2. The molecule has 2 aliphatic rings. The van der Waals surface area contributed by atoms with E-state index in [9.17, 15) is 18.0 Å². The van der Waals surface area contributed by atoms with Crippen molar-refractivity contribution < 1.29 is 27.5 Å². The predicted octanol–water partition coefficient (Wildman–Crippen LogP) is 1.15. The molecule has 2 heterocycles. The molecule has 0 saturated carbocycles. The molecule has 0 bridgehead atoms. The fourth-order valence-electron chi connectivity index (χ4n) is 4.18. The third-order valence-corrected chi connectivity index (χ3v) is 7.38. The summed E-state index contributed by atoms with van der Waals surface area (Å²) >= 11 is 0. The first-order valence-electron chi connectivity index (χ1n) is 10.2. The van der Waals surface area contributed by atoms with Crippen molar-refractivity contribution >= 4 is 21.7 Å². The molecule has 30 heavy (non-hydrogen) atoms. The lowest BCUT2D eigenvalue weighted by atomic mass is 9.91. The number of nitrogens with zero attached hydrogens (tertiary/aromatic N) is 1. The summed E-state index contributed by atoms with van der Waals surface area (Å²) in [7, 11) is -1.96. The second kappa shape index (κ2) is 9.03. The molecule has 8 nitrogen and oxygen atoms in total. The maximum atomic E-state index is 12.8. The van der Waals surface area contributed by atoms with Gasteiger partial charge in [-0.3, -0.25) is 9.69 Å². The number of rotatable bonds is 5. The molecule has 2 aliphatic heterocycles. The molecule has 1 N–H and O–H groups in total. The van der Waals surface area contributed by atoms with Gasteiger partial charge in [-0.25, -0.2) is 13.2 Å². The number of hydrogen-bond acceptors (Lipinski definition) is 7. The van der Waals surface area contributed by atoms with Crippen LogP contribution in [0.2, 0.25) is 0 Å². The molecule has 1 aromatic rings. The fourth-order valence-corrected chi connectivity index (χ4v) is 5.71. The van der Waals surface area contributed by atoms with Gasteiger partial charge >= 0.3 is 5.97 Å². The van der Waals surface area contributed by atoms with E-state index in [1.807, 2.05) is 12.1 Å². The van der Waals surface area contributed by atoms with E-state index in [0.29, 0.717) is 5.56 Å². The van der Waals surface area contributed by atoms with Gasteiger partial charge in [0.25, 0.3) is 5.91 Å². The summed E-state index contributed by atoms with van der Waals surface area (Å²) in [6.45, 7) is 6.60. The third kappa shape index (κ3) is 5.39. The average molecular weight is 439 g/mol. The summed E-state index contributed by atoms with van der Waals surface area (Å²) in [5, 5.41) is 2.74. The van der Waals surface area contributed by atoms with Gasteiger partial charge in [0.05, 0.1) is 30.8 Å². The second-order valence-electron chi connectivity index (χ2n) is 8.33. The number of hydrogen-bond donors (Lipinski definition) is 1. The number of amides is 1. The van der Waals surface area contributed by atoms with E-state index in [2.05, 4.69) is 24.1 Å². The highest BCUT2D eigenvalue weighted by atomic mass is 32.2. The number of sulfone groups is 1. The highest BCUT2D eigenvalue weighted by Gasteiger charge is 2.45. The topological polar surface area (TPSA) is 102 Å². The Morgan fingerprint density at radius 1 is 1.13 bits per heavy atom. The van der Waals surface area contributed by atoms with Crippen molar-refractivity contribution in [1.29, 1.82) is 0 Å². The second-order valence-corrected chi connectivity index (χ2v) is 10.6. The van der Waals surface area contributed by atoms with E-state index in [4.69, 9.17) is 9.47 Å². The summed E-state index contributed by atoms with van der Waals surface area (Å²) < 4.78 is 34.2. The van der Waals surface area contributed by atoms with Crippen LogP contribution in [0.15, 0.2) is 24.3 Å². The normalized spacial score (nSPS) is 26.0. The van der Waals surface area contributed by atoms with Crippen LogP contribution in [0.5, 0.6) is 0 Å². The fraction of sp³-hybridized carbons (Fsp3) is 0.619. The largest absolute Gasteiger partial charge is 0.467 e. The van der Waals surface area contributed by atoms with Gasteiger partial charge in [-0.15, -0.1) is 0 Å². The lowest BCUT2D eigenvalue weighted by Gasteiger charge is -2.35. The van der Waals surface area contributed by atoms with Crippen molar-refractivity contribution in [1.82, 2.24) is 10.2 Å². The predicted molar refractivity (Wildman–Crippen MR) is 112 cm³/mol. The molecule has 9 heteroatoms. The first-order chi connectivity index (χ1) is 14.1. The molecule has 1 amide bonds. The van der Waals surface area contributed by atoms with Crippen LogP contribution in [0.25, 0.3) is 0 Å². The lowest BCUT2D eigenvalue weighted by molar-refractivity contribution is -0.148. The van der Waals surface area contributed by atoms with E-state index in [1.165, 1.54) is 7.11 Å². The first-order valence-corrected chi connectivity index (χ1v) is 12.0. The first kappa shape index (κ1) is 22.7. The Morgan fingerprint density at radius 3 is 2.23 bits per heavy atom. The minimum atomic E-state index is -3.20. The van der Waals surface area contributed by atoms with Crippen LogP contribution in [0.4, 0.5) is 0 Å². The van der Waals surface area contributed by atoms with Crippen molar-refractivity contribution in [3.63, 3.8) is 0 Å². The zero-order chi connectivity index (χ0) is 21.9. The summed E-state index contributed by atoms with van der Waals surface area (Å²) in [6.07, 6.45) is 0.401. The molecular formula is C21H30N2O6S. The molecule has 3 rings (SSSR count). The molecule has 0 aromatic heterocycles. The van der Waals surface area contributed by atoms with Crippen LogP contribution < -0.4 is 5.32 Å². The number of carbonyl (C=O) groups excluding carboxylic acids is 2. The Morgan fingerprint density at radius 2 is 1.70 bits per heavy atom. The van der Waals surface area contributed by atoms with Crippen molar-refractivity contribution in [3.8, 4) is 0 Å². The molecule has 2 saturated heterocycles. The molecule has 2 fully saturated rings. The molecule has 0 unspecified atom stereocenters. The van der Waals surface area contributed by atoms with Crippen molar-refractivity contribution in [2.24, 2.45) is 0 Å². The summed E-state index contributed by atoms with van der Waals surface area (Å²) in [5.41, 5.74) is 0.189. The summed E-state index contributed by atoms with van der Waals surface area (Å²) in [4.78, 5) is 27.5. The van der Waals surface area contributed by atoms with Crippen molar-refractivity contribution in [3.05, 3.63) is 35.4 Å². The van der Waals surface area contributed by atoms with Gasteiger partial charge in [-0.2, -0.15) is 0 Å². The summed E-state index contributed by atoms with van der Waals surface area (Å²) in [5.74, 6) is -1.34. The number of morpholine rings is 1. The van der Waals surface area contributed by atoms with Crippen molar-refractivity contribution in [2.45, 2.75) is 51.0 Å². The minimum Gasteiger partial charge on any atom is -0.467 e. The molecule has 0 radical (unpaired) electrons. The van der Waals surface area contributed by atoms with Crippen molar-refractivity contribution in [2.75, 3.05) is 31.7 Å². The van der Waals surface area contributed by atoms with Crippen LogP contribution in [0, 0.1) is 0 Å². The molecule has 0 aliphatic carbocycles. The Hall–Kier alpha value is -1.97. The van der Waals surface area contributed by atoms with Crippen LogP contribution in [-0.2, 0) is 30.7 Å². The standard InChI is InChI=1S/C21H30N2O6S/c1-15-12-23(13-16(2)29-15)14-17-4-6-18(7-5-17)19(24)22-21(20(25)28-3)8-10-30(26,27)11-9-21/h4-7,15-16H,8-14H2,1-3H3,(H,22,24)/t15-,16-/m1/s1. The van der Waals surface area contributed by atoms with E-state index < -0.39 is 27.3 Å². The zero-order valence-corrected chi connectivity index (χ0v) is 18.5. The van der Waals surface area contributed by atoms with Crippen LogP contribution in [-0.4, -0.2) is 74.6 Å². The average Bonchev–Trinajstić information content (AvgIpc) is 2.69. The smallest absolute Gasteiger partial charge is 0.331 e. The van der Waals surface area contributed by atoms with Gasteiger partial charge in [0, 0.05) is 25.2 Å². The van der Waals surface area contributed by atoms with Gasteiger partial charge < -0.3 is 14.8 Å². The molecule has 1 aromatic carbocycles. The Balaban J connectivity index is 1.66. The van der Waals surface area contributed by atoms with Crippen LogP contribution in [0.3, 0.4) is 0 Å². The highest BCUT2D eigenvalue weighted by molar-refractivity contribution is 7.91.